The average Bonchev–Trinajstić information content (AvgIpc) is 2.70. The lowest BCUT2D eigenvalue weighted by atomic mass is 10.1. The van der Waals surface area contributed by atoms with Crippen molar-refractivity contribution >= 4 is 17.6 Å². The first-order chi connectivity index (χ1) is 9.45. The van der Waals surface area contributed by atoms with E-state index in [4.69, 9.17) is 5.11 Å². The van der Waals surface area contributed by atoms with E-state index in [1.807, 2.05) is 31.2 Å². The molecule has 0 spiro atoms. The lowest BCUT2D eigenvalue weighted by Crippen LogP contribution is -2.16. The molecule has 5 heteroatoms. The van der Waals surface area contributed by atoms with Crippen LogP contribution in [0.1, 0.15) is 27.3 Å². The minimum atomic E-state index is -1.09. The number of aromatic nitrogens is 1. The molecule has 20 heavy (non-hydrogen) atoms. The van der Waals surface area contributed by atoms with Crippen LogP contribution in [0.4, 0.5) is 5.69 Å². The van der Waals surface area contributed by atoms with Gasteiger partial charge in [0.25, 0.3) is 0 Å². The Morgan fingerprint density at radius 2 is 2.00 bits per heavy atom. The molecule has 0 atom stereocenters. The summed E-state index contributed by atoms with van der Waals surface area (Å²) >= 11 is 0. The zero-order valence-electron chi connectivity index (χ0n) is 11.4. The summed E-state index contributed by atoms with van der Waals surface area (Å²) in [5.74, 6) is -1.33. The van der Waals surface area contributed by atoms with E-state index in [1.165, 1.54) is 0 Å². The maximum Gasteiger partial charge on any atom is 0.354 e. The molecule has 1 aromatic carbocycles. The van der Waals surface area contributed by atoms with Crippen molar-refractivity contribution in [3.63, 3.8) is 0 Å². The van der Waals surface area contributed by atoms with Crippen LogP contribution in [0.5, 0.6) is 0 Å². The fourth-order valence-corrected chi connectivity index (χ4v) is 2.06. The summed E-state index contributed by atoms with van der Waals surface area (Å²) in [7, 11) is 0. The van der Waals surface area contributed by atoms with E-state index in [9.17, 15) is 9.59 Å². The van der Waals surface area contributed by atoms with E-state index >= 15 is 0 Å². The highest BCUT2D eigenvalue weighted by molar-refractivity contribution is 6.00. The SMILES string of the molecule is Cc1cccc(CC(=O)Nc2cc(C)[nH]c2C(=O)O)c1. The van der Waals surface area contributed by atoms with Gasteiger partial charge < -0.3 is 15.4 Å². The first-order valence-electron chi connectivity index (χ1n) is 6.24. The number of aromatic carboxylic acids is 1. The average molecular weight is 272 g/mol. The van der Waals surface area contributed by atoms with Gasteiger partial charge >= 0.3 is 5.97 Å². The standard InChI is InChI=1S/C15H16N2O3/c1-9-4-3-5-11(6-9)8-13(18)17-12-7-10(2)16-14(12)15(19)20/h3-7,16H,8H2,1-2H3,(H,17,18)(H,19,20). The van der Waals surface area contributed by atoms with E-state index in [0.717, 1.165) is 11.1 Å². The number of carbonyl (C=O) groups is 2. The molecule has 0 aliphatic carbocycles. The zero-order chi connectivity index (χ0) is 14.7. The van der Waals surface area contributed by atoms with Crippen molar-refractivity contribution in [3.8, 4) is 0 Å². The molecule has 1 amide bonds. The van der Waals surface area contributed by atoms with Crippen LogP contribution >= 0.6 is 0 Å². The lowest BCUT2D eigenvalue weighted by Gasteiger charge is -2.05. The second-order valence-electron chi connectivity index (χ2n) is 4.76. The summed E-state index contributed by atoms with van der Waals surface area (Å²) in [5, 5.41) is 11.7. The number of benzene rings is 1. The maximum atomic E-state index is 12.0. The Hall–Kier alpha value is -2.56. The van der Waals surface area contributed by atoms with Gasteiger partial charge in [-0.15, -0.1) is 0 Å². The zero-order valence-corrected chi connectivity index (χ0v) is 11.4. The minimum Gasteiger partial charge on any atom is -0.477 e. The Morgan fingerprint density at radius 1 is 1.25 bits per heavy atom. The Kier molecular flexibility index (Phi) is 3.89. The van der Waals surface area contributed by atoms with Crippen LogP contribution in [0, 0.1) is 13.8 Å². The van der Waals surface area contributed by atoms with Gasteiger partial charge in [0.05, 0.1) is 12.1 Å². The van der Waals surface area contributed by atoms with Crippen molar-refractivity contribution < 1.29 is 14.7 Å². The Morgan fingerprint density at radius 3 is 2.65 bits per heavy atom. The first-order valence-corrected chi connectivity index (χ1v) is 6.24. The number of nitrogens with one attached hydrogen (secondary N) is 2. The smallest absolute Gasteiger partial charge is 0.354 e. The number of hydrogen-bond donors (Lipinski definition) is 3. The largest absolute Gasteiger partial charge is 0.477 e. The molecule has 2 rings (SSSR count). The van der Waals surface area contributed by atoms with Gasteiger partial charge in [-0.25, -0.2) is 4.79 Å². The van der Waals surface area contributed by atoms with E-state index in [-0.39, 0.29) is 18.0 Å². The number of carbonyl (C=O) groups excluding carboxylic acids is 1. The normalized spacial score (nSPS) is 10.3. The second-order valence-corrected chi connectivity index (χ2v) is 4.76. The molecule has 0 unspecified atom stereocenters. The molecular weight excluding hydrogens is 256 g/mol. The molecule has 0 saturated heterocycles. The monoisotopic (exact) mass is 272 g/mol. The minimum absolute atomic E-state index is 0.0000854. The fraction of sp³-hybridized carbons (Fsp3) is 0.200. The molecular formula is C15H16N2O3. The highest BCUT2D eigenvalue weighted by Crippen LogP contribution is 2.17. The Bertz CT molecular complexity index is 659. The molecule has 0 aliphatic heterocycles. The molecule has 5 nitrogen and oxygen atoms in total. The summed E-state index contributed by atoms with van der Waals surface area (Å²) in [4.78, 5) is 25.7. The Balaban J connectivity index is 2.10. The fourth-order valence-electron chi connectivity index (χ4n) is 2.06. The van der Waals surface area contributed by atoms with Crippen LogP contribution in [-0.4, -0.2) is 22.0 Å². The molecule has 2 aromatic rings. The molecule has 104 valence electrons. The van der Waals surface area contributed by atoms with Gasteiger partial charge in [0.15, 0.2) is 0 Å². The summed E-state index contributed by atoms with van der Waals surface area (Å²) < 4.78 is 0. The number of carboxylic acids is 1. The van der Waals surface area contributed by atoms with Gasteiger partial charge in [0, 0.05) is 5.69 Å². The molecule has 0 bridgehead atoms. The number of rotatable bonds is 4. The molecule has 0 saturated carbocycles. The molecule has 1 heterocycles. The lowest BCUT2D eigenvalue weighted by molar-refractivity contribution is -0.115. The van der Waals surface area contributed by atoms with Crippen molar-refractivity contribution in [3.05, 3.63) is 52.8 Å². The van der Waals surface area contributed by atoms with Gasteiger partial charge in [-0.3, -0.25) is 4.79 Å². The van der Waals surface area contributed by atoms with Gasteiger partial charge in [-0.1, -0.05) is 29.8 Å². The van der Waals surface area contributed by atoms with E-state index in [2.05, 4.69) is 10.3 Å². The number of hydrogen-bond acceptors (Lipinski definition) is 2. The summed E-state index contributed by atoms with van der Waals surface area (Å²) in [6, 6.07) is 9.26. The summed E-state index contributed by atoms with van der Waals surface area (Å²) in [5.41, 5.74) is 2.96. The number of carboxylic acid groups (broad SMARTS) is 1. The van der Waals surface area contributed by atoms with E-state index in [1.54, 1.807) is 13.0 Å². The van der Waals surface area contributed by atoms with Crippen LogP contribution in [0.25, 0.3) is 0 Å². The van der Waals surface area contributed by atoms with E-state index < -0.39 is 5.97 Å². The third-order valence-corrected chi connectivity index (χ3v) is 2.89. The van der Waals surface area contributed by atoms with Gasteiger partial charge in [0.1, 0.15) is 5.69 Å². The first kappa shape index (κ1) is 13.9. The van der Waals surface area contributed by atoms with Crippen molar-refractivity contribution in [1.82, 2.24) is 4.98 Å². The van der Waals surface area contributed by atoms with Crippen molar-refractivity contribution in [2.45, 2.75) is 20.3 Å². The maximum absolute atomic E-state index is 12.0. The van der Waals surface area contributed by atoms with Gasteiger partial charge in [-0.05, 0) is 25.5 Å². The van der Waals surface area contributed by atoms with Crippen LogP contribution in [-0.2, 0) is 11.2 Å². The quantitative estimate of drug-likeness (QED) is 0.799. The van der Waals surface area contributed by atoms with Crippen molar-refractivity contribution in [1.29, 1.82) is 0 Å². The predicted molar refractivity (Wildman–Crippen MR) is 76.0 cm³/mol. The van der Waals surface area contributed by atoms with Crippen molar-refractivity contribution in [2.24, 2.45) is 0 Å². The van der Waals surface area contributed by atoms with Crippen LogP contribution < -0.4 is 5.32 Å². The molecule has 0 fully saturated rings. The van der Waals surface area contributed by atoms with Crippen LogP contribution in [0.3, 0.4) is 0 Å². The topological polar surface area (TPSA) is 82.2 Å². The molecule has 3 N–H and O–H groups in total. The predicted octanol–water partition coefficient (Wildman–Crippen LogP) is 2.51. The number of aryl methyl sites for hydroxylation is 2. The highest BCUT2D eigenvalue weighted by Gasteiger charge is 2.15. The number of aromatic amines is 1. The second kappa shape index (κ2) is 5.61. The van der Waals surface area contributed by atoms with Crippen LogP contribution in [0.2, 0.25) is 0 Å². The van der Waals surface area contributed by atoms with E-state index in [0.29, 0.717) is 11.4 Å². The third kappa shape index (κ3) is 3.26. The summed E-state index contributed by atoms with van der Waals surface area (Å²) in [6.07, 6.45) is 0.213. The molecule has 1 aromatic heterocycles. The Labute approximate surface area is 116 Å². The van der Waals surface area contributed by atoms with Crippen LogP contribution in [0.15, 0.2) is 30.3 Å². The number of H-pyrrole nitrogens is 1. The van der Waals surface area contributed by atoms with Crippen molar-refractivity contribution in [2.75, 3.05) is 5.32 Å². The summed E-state index contributed by atoms with van der Waals surface area (Å²) in [6.45, 7) is 3.70. The number of amides is 1. The molecule has 0 aliphatic rings. The van der Waals surface area contributed by atoms with Gasteiger partial charge in [0.2, 0.25) is 5.91 Å². The molecule has 0 radical (unpaired) electrons. The van der Waals surface area contributed by atoms with Gasteiger partial charge in [-0.2, -0.15) is 0 Å². The third-order valence-electron chi connectivity index (χ3n) is 2.89. The number of anilines is 1. The highest BCUT2D eigenvalue weighted by atomic mass is 16.4.